The van der Waals surface area contributed by atoms with Crippen molar-refractivity contribution in [3.05, 3.63) is 18.2 Å². The Morgan fingerprint density at radius 2 is 1.93 bits per heavy atom. The van der Waals surface area contributed by atoms with E-state index in [2.05, 4.69) is 20.9 Å². The molecule has 1 aromatic rings. The van der Waals surface area contributed by atoms with Crippen molar-refractivity contribution < 1.29 is 23.7 Å². The van der Waals surface area contributed by atoms with Crippen LogP contribution in [-0.2, 0) is 4.74 Å². The summed E-state index contributed by atoms with van der Waals surface area (Å²) in [5.74, 6) is 2.87. The van der Waals surface area contributed by atoms with Gasteiger partial charge in [-0.25, -0.2) is 4.79 Å². The van der Waals surface area contributed by atoms with Crippen LogP contribution in [0.3, 0.4) is 0 Å². The lowest BCUT2D eigenvalue weighted by Crippen LogP contribution is -2.39. The van der Waals surface area contributed by atoms with Gasteiger partial charge in [0, 0.05) is 25.7 Å². The van der Waals surface area contributed by atoms with Crippen LogP contribution in [0.1, 0.15) is 34.1 Å². The SMILES string of the molecule is CCNC(=NCCCNC(=O)OC(C)(C)C)NCCOc1ccc2c(c1)OCO2. The third-order valence-electron chi connectivity index (χ3n) is 3.62. The summed E-state index contributed by atoms with van der Waals surface area (Å²) in [6, 6.07) is 5.51. The molecule has 0 bridgehead atoms. The fourth-order valence-electron chi connectivity index (χ4n) is 2.42. The summed E-state index contributed by atoms with van der Waals surface area (Å²) in [5, 5.41) is 9.12. The highest BCUT2D eigenvalue weighted by molar-refractivity contribution is 5.79. The molecule has 0 saturated heterocycles. The van der Waals surface area contributed by atoms with E-state index >= 15 is 0 Å². The van der Waals surface area contributed by atoms with Crippen molar-refractivity contribution in [2.45, 2.75) is 39.7 Å². The smallest absolute Gasteiger partial charge is 0.407 e. The molecule has 9 nitrogen and oxygen atoms in total. The van der Waals surface area contributed by atoms with Gasteiger partial charge < -0.3 is 34.9 Å². The van der Waals surface area contributed by atoms with E-state index in [4.69, 9.17) is 18.9 Å². The number of carbonyl (C=O) groups excluding carboxylic acids is 1. The second-order valence-electron chi connectivity index (χ2n) is 7.33. The lowest BCUT2D eigenvalue weighted by atomic mass is 10.2. The largest absolute Gasteiger partial charge is 0.492 e. The van der Waals surface area contributed by atoms with Crippen LogP contribution in [0.5, 0.6) is 17.2 Å². The molecule has 0 radical (unpaired) electrons. The van der Waals surface area contributed by atoms with Crippen LogP contribution in [-0.4, -0.2) is 57.2 Å². The Morgan fingerprint density at radius 1 is 1.14 bits per heavy atom. The van der Waals surface area contributed by atoms with Gasteiger partial charge in [-0.1, -0.05) is 0 Å². The number of guanidine groups is 1. The highest BCUT2D eigenvalue weighted by Gasteiger charge is 2.15. The van der Waals surface area contributed by atoms with Crippen LogP contribution in [0.15, 0.2) is 23.2 Å². The molecule has 2 rings (SSSR count). The maximum atomic E-state index is 11.6. The van der Waals surface area contributed by atoms with E-state index in [0.717, 1.165) is 18.0 Å². The fraction of sp³-hybridized carbons (Fsp3) is 0.600. The summed E-state index contributed by atoms with van der Waals surface area (Å²) in [5.41, 5.74) is -0.493. The average Bonchev–Trinajstić information content (AvgIpc) is 3.11. The molecule has 1 aliphatic rings. The molecule has 0 unspecified atom stereocenters. The third kappa shape index (κ3) is 8.80. The molecule has 162 valence electrons. The fourth-order valence-corrected chi connectivity index (χ4v) is 2.42. The maximum Gasteiger partial charge on any atom is 0.407 e. The molecule has 1 heterocycles. The summed E-state index contributed by atoms with van der Waals surface area (Å²) in [6.45, 7) is 10.7. The number of nitrogens with zero attached hydrogens (tertiary/aromatic N) is 1. The number of hydrogen-bond acceptors (Lipinski definition) is 6. The monoisotopic (exact) mass is 408 g/mol. The summed E-state index contributed by atoms with van der Waals surface area (Å²) in [7, 11) is 0. The van der Waals surface area contributed by atoms with Gasteiger partial charge in [-0.05, 0) is 46.2 Å². The minimum Gasteiger partial charge on any atom is -0.492 e. The van der Waals surface area contributed by atoms with Gasteiger partial charge in [-0.3, -0.25) is 4.99 Å². The van der Waals surface area contributed by atoms with E-state index in [-0.39, 0.29) is 6.79 Å². The second kappa shape index (κ2) is 11.2. The quantitative estimate of drug-likeness (QED) is 0.327. The predicted molar refractivity (Wildman–Crippen MR) is 111 cm³/mol. The Bertz CT molecular complexity index is 688. The lowest BCUT2D eigenvalue weighted by molar-refractivity contribution is 0.0527. The van der Waals surface area contributed by atoms with Crippen molar-refractivity contribution >= 4 is 12.1 Å². The van der Waals surface area contributed by atoms with Crippen molar-refractivity contribution in [1.29, 1.82) is 0 Å². The molecule has 0 fully saturated rings. The van der Waals surface area contributed by atoms with Gasteiger partial charge in [0.1, 0.15) is 18.0 Å². The molecule has 9 heteroatoms. The normalized spacial score (nSPS) is 13.0. The molecule has 3 N–H and O–H groups in total. The summed E-state index contributed by atoms with van der Waals surface area (Å²) in [4.78, 5) is 16.1. The number of aliphatic imine (C=N–C) groups is 1. The molecule has 0 spiro atoms. The number of hydrogen-bond donors (Lipinski definition) is 3. The molecule has 0 aromatic heterocycles. The number of amides is 1. The lowest BCUT2D eigenvalue weighted by Gasteiger charge is -2.19. The van der Waals surface area contributed by atoms with Gasteiger partial charge >= 0.3 is 6.09 Å². The van der Waals surface area contributed by atoms with E-state index in [9.17, 15) is 4.79 Å². The Hall–Kier alpha value is -2.84. The van der Waals surface area contributed by atoms with Crippen LogP contribution in [0.4, 0.5) is 4.79 Å². The minimum atomic E-state index is -0.493. The maximum absolute atomic E-state index is 11.6. The molecule has 0 atom stereocenters. The first-order valence-electron chi connectivity index (χ1n) is 9.89. The second-order valence-corrected chi connectivity index (χ2v) is 7.33. The van der Waals surface area contributed by atoms with Crippen molar-refractivity contribution in [2.75, 3.05) is 39.6 Å². The zero-order valence-corrected chi connectivity index (χ0v) is 17.7. The van der Waals surface area contributed by atoms with E-state index in [0.29, 0.717) is 44.4 Å². The van der Waals surface area contributed by atoms with Crippen molar-refractivity contribution in [1.82, 2.24) is 16.0 Å². The number of ether oxygens (including phenoxy) is 4. The minimum absolute atomic E-state index is 0.246. The highest BCUT2D eigenvalue weighted by Crippen LogP contribution is 2.34. The van der Waals surface area contributed by atoms with Gasteiger partial charge in [0.25, 0.3) is 0 Å². The van der Waals surface area contributed by atoms with Gasteiger partial charge in [-0.2, -0.15) is 0 Å². The topological polar surface area (TPSA) is 102 Å². The molecule has 29 heavy (non-hydrogen) atoms. The van der Waals surface area contributed by atoms with Gasteiger partial charge in [0.2, 0.25) is 6.79 Å². The molecular weight excluding hydrogens is 376 g/mol. The van der Waals surface area contributed by atoms with Crippen LogP contribution in [0.2, 0.25) is 0 Å². The zero-order chi connectivity index (χ0) is 21.1. The molecule has 0 saturated carbocycles. The van der Waals surface area contributed by atoms with Crippen molar-refractivity contribution in [3.8, 4) is 17.2 Å². The average molecular weight is 408 g/mol. The number of alkyl carbamates (subject to hydrolysis) is 1. The van der Waals surface area contributed by atoms with E-state index in [1.54, 1.807) is 0 Å². The van der Waals surface area contributed by atoms with E-state index in [1.165, 1.54) is 0 Å². The summed E-state index contributed by atoms with van der Waals surface area (Å²) in [6.07, 6.45) is 0.302. The van der Waals surface area contributed by atoms with Crippen molar-refractivity contribution in [3.63, 3.8) is 0 Å². The molecule has 1 aliphatic heterocycles. The summed E-state index contributed by atoms with van der Waals surface area (Å²) >= 11 is 0. The Balaban J connectivity index is 1.63. The zero-order valence-electron chi connectivity index (χ0n) is 17.7. The van der Waals surface area contributed by atoms with E-state index in [1.807, 2.05) is 45.9 Å². The van der Waals surface area contributed by atoms with E-state index < -0.39 is 11.7 Å². The number of carbonyl (C=O) groups is 1. The molecule has 1 amide bonds. The first kappa shape index (κ1) is 22.4. The molecule has 0 aliphatic carbocycles. The third-order valence-corrected chi connectivity index (χ3v) is 3.62. The first-order chi connectivity index (χ1) is 13.9. The van der Waals surface area contributed by atoms with Crippen LogP contribution >= 0.6 is 0 Å². The first-order valence-corrected chi connectivity index (χ1v) is 9.89. The summed E-state index contributed by atoms with van der Waals surface area (Å²) < 4.78 is 21.5. The molecule has 1 aromatic carbocycles. The number of benzene rings is 1. The van der Waals surface area contributed by atoms with Crippen LogP contribution in [0, 0.1) is 0 Å². The van der Waals surface area contributed by atoms with Crippen molar-refractivity contribution in [2.24, 2.45) is 4.99 Å². The number of rotatable bonds is 9. The predicted octanol–water partition coefficient (Wildman–Crippen LogP) is 2.26. The Morgan fingerprint density at radius 3 is 2.69 bits per heavy atom. The van der Waals surface area contributed by atoms with Gasteiger partial charge in [0.05, 0.1) is 6.54 Å². The Kier molecular flexibility index (Phi) is 8.69. The molecular formula is C20H32N4O5. The van der Waals surface area contributed by atoms with Gasteiger partial charge in [0.15, 0.2) is 17.5 Å². The number of fused-ring (bicyclic) bond motifs is 1. The van der Waals surface area contributed by atoms with Crippen LogP contribution in [0.25, 0.3) is 0 Å². The van der Waals surface area contributed by atoms with Gasteiger partial charge in [-0.15, -0.1) is 0 Å². The number of nitrogens with one attached hydrogen (secondary N) is 3. The van der Waals surface area contributed by atoms with Crippen LogP contribution < -0.4 is 30.2 Å². The Labute approximate surface area is 172 Å². The highest BCUT2D eigenvalue weighted by atomic mass is 16.7. The standard InChI is InChI=1S/C20H32N4O5/c1-5-21-18(22-9-6-10-24-19(25)29-20(2,3)4)23-11-12-26-15-7-8-16-17(13-15)28-14-27-16/h7-8,13H,5-6,9-12,14H2,1-4H3,(H,24,25)(H2,21,22,23).